The predicted molar refractivity (Wildman–Crippen MR) is 96.3 cm³/mol. The maximum absolute atomic E-state index is 12.1. The van der Waals surface area contributed by atoms with Gasteiger partial charge >= 0.3 is 6.09 Å². The molecule has 3 N–H and O–H groups in total. The van der Waals surface area contributed by atoms with Crippen LogP contribution in [0.1, 0.15) is 27.2 Å². The van der Waals surface area contributed by atoms with Crippen molar-refractivity contribution in [2.24, 2.45) is 10.7 Å². The first kappa shape index (κ1) is 18.4. The molecule has 2 aliphatic heterocycles. The summed E-state index contributed by atoms with van der Waals surface area (Å²) in [5, 5.41) is 2.98. The van der Waals surface area contributed by atoms with Crippen molar-refractivity contribution >= 4 is 27.9 Å². The fraction of sp³-hybridized carbons (Fsp3) is 0.500. The Labute approximate surface area is 150 Å². The highest BCUT2D eigenvalue weighted by Crippen LogP contribution is 2.26. The number of aliphatic imine (C=N–C) groups is 1. The van der Waals surface area contributed by atoms with Gasteiger partial charge in [0.2, 0.25) is 0 Å². The number of ether oxygens (including phenoxy) is 2. The zero-order valence-corrected chi connectivity index (χ0v) is 15.7. The molecule has 1 saturated heterocycles. The number of carbonyl (C=O) groups excluding carboxylic acids is 1. The first-order valence-corrected chi connectivity index (χ1v) is 8.46. The van der Waals surface area contributed by atoms with Gasteiger partial charge in [0.15, 0.2) is 5.88 Å². The molecule has 8 heteroatoms. The van der Waals surface area contributed by atoms with Gasteiger partial charge in [-0.1, -0.05) is 6.58 Å². The molecule has 2 aliphatic rings. The van der Waals surface area contributed by atoms with Crippen LogP contribution in [0.25, 0.3) is 0 Å². The second-order valence-electron chi connectivity index (χ2n) is 6.49. The van der Waals surface area contributed by atoms with Crippen LogP contribution in [0, 0.1) is 0 Å². The molecule has 0 saturated carbocycles. The minimum absolute atomic E-state index is 0.184. The number of rotatable bonds is 3. The Bertz CT molecular complexity index is 619. The van der Waals surface area contributed by atoms with Crippen LogP contribution in [0.15, 0.2) is 39.9 Å². The van der Waals surface area contributed by atoms with E-state index < -0.39 is 5.60 Å². The van der Waals surface area contributed by atoms with Crippen molar-refractivity contribution < 1.29 is 14.3 Å². The van der Waals surface area contributed by atoms with Crippen molar-refractivity contribution in [3.8, 4) is 0 Å². The molecular formula is C16H23BrN4O3. The molecular weight excluding hydrogens is 376 g/mol. The lowest BCUT2D eigenvalue weighted by Gasteiger charge is -2.24. The molecule has 2 heterocycles. The summed E-state index contributed by atoms with van der Waals surface area (Å²) in [5.74, 6) is 0.816. The van der Waals surface area contributed by atoms with Crippen LogP contribution in [-0.4, -0.2) is 41.6 Å². The third kappa shape index (κ3) is 4.53. The molecule has 0 aromatic carbocycles. The lowest BCUT2D eigenvalue weighted by atomic mass is 10.2. The van der Waals surface area contributed by atoms with Gasteiger partial charge in [-0.25, -0.2) is 9.79 Å². The van der Waals surface area contributed by atoms with Crippen molar-refractivity contribution in [3.05, 3.63) is 34.9 Å². The van der Waals surface area contributed by atoms with E-state index in [0.717, 1.165) is 4.48 Å². The van der Waals surface area contributed by atoms with Crippen LogP contribution in [0.3, 0.4) is 0 Å². The molecule has 2 rings (SSSR count). The number of likely N-dealkylation sites (tertiary alicyclic amines) is 1. The minimum atomic E-state index is -0.516. The van der Waals surface area contributed by atoms with Crippen LogP contribution in [0.2, 0.25) is 0 Å². The van der Waals surface area contributed by atoms with Crippen molar-refractivity contribution in [1.82, 2.24) is 10.2 Å². The van der Waals surface area contributed by atoms with Crippen molar-refractivity contribution in [3.63, 3.8) is 0 Å². The fourth-order valence-electron chi connectivity index (χ4n) is 2.37. The maximum atomic E-state index is 12.1. The summed E-state index contributed by atoms with van der Waals surface area (Å²) in [5.41, 5.74) is 6.22. The quantitative estimate of drug-likeness (QED) is 0.713. The fourth-order valence-corrected chi connectivity index (χ4v) is 2.87. The molecule has 0 spiro atoms. The Kier molecular flexibility index (Phi) is 5.58. The van der Waals surface area contributed by atoms with Gasteiger partial charge in [0.05, 0.1) is 12.1 Å². The molecule has 7 nitrogen and oxygen atoms in total. The number of nitrogens with one attached hydrogen (secondary N) is 1. The average Bonchev–Trinajstić information content (AvgIpc) is 3.05. The van der Waals surface area contributed by atoms with Gasteiger partial charge in [-0.2, -0.15) is 0 Å². The van der Waals surface area contributed by atoms with E-state index in [9.17, 15) is 4.79 Å². The largest absolute Gasteiger partial charge is 0.474 e. The molecule has 0 aromatic rings. The number of hydrogen-bond donors (Lipinski definition) is 2. The van der Waals surface area contributed by atoms with Gasteiger partial charge < -0.3 is 25.4 Å². The van der Waals surface area contributed by atoms with Crippen molar-refractivity contribution in [2.75, 3.05) is 13.1 Å². The smallest absolute Gasteiger partial charge is 0.410 e. The van der Waals surface area contributed by atoms with E-state index >= 15 is 0 Å². The van der Waals surface area contributed by atoms with E-state index in [1.165, 1.54) is 6.20 Å². The van der Waals surface area contributed by atoms with Gasteiger partial charge in [0.25, 0.3) is 0 Å². The normalized spacial score (nSPS) is 24.5. The van der Waals surface area contributed by atoms with E-state index in [1.807, 2.05) is 20.8 Å². The van der Waals surface area contributed by atoms with Crippen LogP contribution in [-0.2, 0) is 9.47 Å². The molecule has 0 bridgehead atoms. The van der Waals surface area contributed by atoms with Crippen LogP contribution < -0.4 is 11.1 Å². The Morgan fingerprint density at radius 3 is 2.92 bits per heavy atom. The van der Waals surface area contributed by atoms with Gasteiger partial charge in [-0.15, -0.1) is 0 Å². The molecule has 1 atom stereocenters. The van der Waals surface area contributed by atoms with Crippen LogP contribution in [0.4, 0.5) is 4.79 Å². The number of amidine groups is 1. The van der Waals surface area contributed by atoms with E-state index in [4.69, 9.17) is 15.2 Å². The Morgan fingerprint density at radius 2 is 2.29 bits per heavy atom. The summed E-state index contributed by atoms with van der Waals surface area (Å²) in [7, 11) is 0. The second kappa shape index (κ2) is 7.29. The lowest BCUT2D eigenvalue weighted by molar-refractivity contribution is 0.0257. The zero-order valence-electron chi connectivity index (χ0n) is 14.1. The average molecular weight is 399 g/mol. The molecule has 24 heavy (non-hydrogen) atoms. The number of carbonyl (C=O) groups is 1. The maximum Gasteiger partial charge on any atom is 0.410 e. The van der Waals surface area contributed by atoms with Gasteiger partial charge in [-0.05, 0) is 36.7 Å². The molecule has 1 unspecified atom stereocenters. The minimum Gasteiger partial charge on any atom is -0.474 e. The van der Waals surface area contributed by atoms with Gasteiger partial charge in [0, 0.05) is 29.8 Å². The van der Waals surface area contributed by atoms with Crippen LogP contribution >= 0.6 is 15.9 Å². The van der Waals surface area contributed by atoms with Gasteiger partial charge in [-0.3, -0.25) is 0 Å². The highest BCUT2D eigenvalue weighted by Gasteiger charge is 2.32. The monoisotopic (exact) mass is 398 g/mol. The summed E-state index contributed by atoms with van der Waals surface area (Å²) < 4.78 is 12.0. The number of nitrogens with two attached hydrogens (primary N) is 1. The zero-order chi connectivity index (χ0) is 17.9. The number of nitrogens with zero attached hydrogens (tertiary/aromatic N) is 2. The summed E-state index contributed by atoms with van der Waals surface area (Å²) in [6.45, 7) is 10.1. The highest BCUT2D eigenvalue weighted by atomic mass is 79.9. The SMILES string of the molecule is C=C/N=C1/NC=C(Br)/C1=C(/N)OC1CCN(C(=O)OC(C)(C)C)C1. The van der Waals surface area contributed by atoms with Gasteiger partial charge in [0.1, 0.15) is 17.5 Å². The van der Waals surface area contributed by atoms with E-state index in [0.29, 0.717) is 30.9 Å². The topological polar surface area (TPSA) is 89.2 Å². The number of hydrogen-bond acceptors (Lipinski definition) is 5. The molecule has 1 fully saturated rings. The van der Waals surface area contributed by atoms with E-state index in [1.54, 1.807) is 11.1 Å². The third-order valence-electron chi connectivity index (χ3n) is 3.37. The number of halogens is 1. The first-order valence-electron chi connectivity index (χ1n) is 7.67. The Morgan fingerprint density at radius 1 is 1.58 bits per heavy atom. The van der Waals surface area contributed by atoms with Crippen LogP contribution in [0.5, 0.6) is 0 Å². The summed E-state index contributed by atoms with van der Waals surface area (Å²) in [6, 6.07) is 0. The highest BCUT2D eigenvalue weighted by molar-refractivity contribution is 9.12. The summed E-state index contributed by atoms with van der Waals surface area (Å²) >= 11 is 3.41. The summed E-state index contributed by atoms with van der Waals surface area (Å²) in [6.07, 6.45) is 3.33. The van der Waals surface area contributed by atoms with E-state index in [2.05, 4.69) is 32.8 Å². The lowest BCUT2D eigenvalue weighted by Crippen LogP contribution is -2.36. The molecule has 1 amide bonds. The molecule has 0 radical (unpaired) electrons. The molecule has 0 aromatic heterocycles. The molecule has 0 aliphatic carbocycles. The standard InChI is InChI=1S/C16H23BrN4O3/c1-5-19-14-12(11(17)8-20-14)13(18)23-10-6-7-21(9-10)15(22)24-16(2,3)4/h5,8,10H,1,6-7,9,18H2,2-4H3,(H,19,20)/b13-12+. The van der Waals surface area contributed by atoms with Crippen molar-refractivity contribution in [2.45, 2.75) is 38.9 Å². The Hall–Kier alpha value is -1.96. The van der Waals surface area contributed by atoms with E-state index in [-0.39, 0.29) is 18.1 Å². The number of amides is 1. The molecule has 132 valence electrons. The predicted octanol–water partition coefficient (Wildman–Crippen LogP) is 2.56. The van der Waals surface area contributed by atoms with Crippen molar-refractivity contribution in [1.29, 1.82) is 0 Å². The summed E-state index contributed by atoms with van der Waals surface area (Å²) in [4.78, 5) is 17.8. The first-order chi connectivity index (χ1) is 11.2. The second-order valence-corrected chi connectivity index (χ2v) is 7.35. The third-order valence-corrected chi connectivity index (χ3v) is 3.99. The Balaban J connectivity index is 2.01.